The first kappa shape index (κ1) is 13.4. The number of aromatic nitrogens is 1. The highest BCUT2D eigenvalue weighted by atomic mass is 16.5. The van der Waals surface area contributed by atoms with E-state index in [4.69, 9.17) is 4.74 Å². The predicted octanol–water partition coefficient (Wildman–Crippen LogP) is 3.58. The summed E-state index contributed by atoms with van der Waals surface area (Å²) in [6.45, 7) is 6.78. The lowest BCUT2D eigenvalue weighted by atomic mass is 10.2. The molecule has 0 saturated carbocycles. The van der Waals surface area contributed by atoms with E-state index in [0.717, 1.165) is 17.1 Å². The van der Waals surface area contributed by atoms with Crippen LogP contribution in [-0.4, -0.2) is 17.6 Å². The molecular formula is C16H20N2O. The molecule has 2 aromatic rings. The van der Waals surface area contributed by atoms with Gasteiger partial charge in [0, 0.05) is 6.20 Å². The van der Waals surface area contributed by atoms with Gasteiger partial charge in [-0.3, -0.25) is 0 Å². The molecule has 0 fully saturated rings. The summed E-state index contributed by atoms with van der Waals surface area (Å²) in [6.07, 6.45) is 1.86. The van der Waals surface area contributed by atoms with E-state index >= 15 is 0 Å². The summed E-state index contributed by atoms with van der Waals surface area (Å²) in [4.78, 5) is 4.32. The quantitative estimate of drug-likeness (QED) is 0.888. The Hall–Kier alpha value is -2.03. The minimum absolute atomic E-state index is 0.205. The maximum atomic E-state index is 5.73. The van der Waals surface area contributed by atoms with Crippen molar-refractivity contribution in [2.24, 2.45) is 0 Å². The van der Waals surface area contributed by atoms with Crippen LogP contribution in [0.2, 0.25) is 0 Å². The third-order valence-electron chi connectivity index (χ3n) is 2.83. The molecule has 0 bridgehead atoms. The van der Waals surface area contributed by atoms with Gasteiger partial charge in [-0.2, -0.15) is 0 Å². The summed E-state index contributed by atoms with van der Waals surface area (Å²) in [5, 5.41) is 3.31. The van der Waals surface area contributed by atoms with Gasteiger partial charge in [0.05, 0.1) is 6.04 Å². The van der Waals surface area contributed by atoms with Crippen molar-refractivity contribution in [3.63, 3.8) is 0 Å². The highest BCUT2D eigenvalue weighted by molar-refractivity contribution is 5.36. The van der Waals surface area contributed by atoms with Gasteiger partial charge < -0.3 is 10.1 Å². The van der Waals surface area contributed by atoms with Crippen LogP contribution in [0.15, 0.2) is 42.6 Å². The minimum atomic E-state index is 0.205. The second kappa shape index (κ2) is 6.23. The number of hydrogen-bond acceptors (Lipinski definition) is 3. The van der Waals surface area contributed by atoms with E-state index in [1.165, 1.54) is 5.56 Å². The first-order chi connectivity index (χ1) is 9.13. The van der Waals surface area contributed by atoms with Gasteiger partial charge in [-0.1, -0.05) is 23.8 Å². The Morgan fingerprint density at radius 2 is 1.74 bits per heavy atom. The van der Waals surface area contributed by atoms with Crippen molar-refractivity contribution in [2.75, 3.05) is 11.9 Å². The van der Waals surface area contributed by atoms with Crippen molar-refractivity contribution in [2.45, 2.75) is 26.8 Å². The SMILES string of the molecule is Cc1ccc(OCC(C)Nc2ccc(C)cn2)cc1. The van der Waals surface area contributed by atoms with Crippen LogP contribution < -0.4 is 10.1 Å². The van der Waals surface area contributed by atoms with E-state index in [0.29, 0.717) is 6.61 Å². The van der Waals surface area contributed by atoms with Crippen molar-refractivity contribution in [3.8, 4) is 5.75 Å². The Morgan fingerprint density at radius 1 is 1.05 bits per heavy atom. The van der Waals surface area contributed by atoms with E-state index < -0.39 is 0 Å². The molecule has 0 amide bonds. The molecule has 1 aromatic carbocycles. The number of rotatable bonds is 5. The van der Waals surface area contributed by atoms with E-state index in [-0.39, 0.29) is 6.04 Å². The molecule has 1 N–H and O–H groups in total. The van der Waals surface area contributed by atoms with Crippen LogP contribution in [0.3, 0.4) is 0 Å². The molecule has 2 rings (SSSR count). The van der Waals surface area contributed by atoms with E-state index in [1.54, 1.807) is 0 Å². The molecule has 3 nitrogen and oxygen atoms in total. The zero-order valence-corrected chi connectivity index (χ0v) is 11.7. The summed E-state index contributed by atoms with van der Waals surface area (Å²) in [7, 11) is 0. The Balaban J connectivity index is 1.82. The Kier molecular flexibility index (Phi) is 4.39. The largest absolute Gasteiger partial charge is 0.491 e. The molecule has 3 heteroatoms. The maximum Gasteiger partial charge on any atom is 0.126 e. The predicted molar refractivity (Wildman–Crippen MR) is 78.7 cm³/mol. The number of anilines is 1. The lowest BCUT2D eigenvalue weighted by molar-refractivity contribution is 0.303. The van der Waals surface area contributed by atoms with Crippen LogP contribution in [0, 0.1) is 13.8 Å². The fraction of sp³-hybridized carbons (Fsp3) is 0.312. The molecule has 0 aliphatic heterocycles. The summed E-state index contributed by atoms with van der Waals surface area (Å²) in [5.74, 6) is 1.78. The molecule has 0 aliphatic carbocycles. The monoisotopic (exact) mass is 256 g/mol. The normalized spacial score (nSPS) is 11.9. The van der Waals surface area contributed by atoms with Crippen LogP contribution >= 0.6 is 0 Å². The van der Waals surface area contributed by atoms with Crippen LogP contribution in [-0.2, 0) is 0 Å². The maximum absolute atomic E-state index is 5.73. The Labute approximate surface area is 114 Å². The molecule has 1 unspecified atom stereocenters. The zero-order valence-electron chi connectivity index (χ0n) is 11.7. The van der Waals surface area contributed by atoms with Gasteiger partial charge in [-0.15, -0.1) is 0 Å². The van der Waals surface area contributed by atoms with Gasteiger partial charge in [-0.05, 0) is 44.5 Å². The lowest BCUT2D eigenvalue weighted by Gasteiger charge is -2.15. The molecular weight excluding hydrogens is 236 g/mol. The van der Waals surface area contributed by atoms with Gasteiger partial charge in [0.15, 0.2) is 0 Å². The summed E-state index contributed by atoms with van der Waals surface area (Å²) < 4.78 is 5.73. The first-order valence-corrected chi connectivity index (χ1v) is 6.52. The van der Waals surface area contributed by atoms with Crippen molar-refractivity contribution in [3.05, 3.63) is 53.7 Å². The second-order valence-corrected chi connectivity index (χ2v) is 4.89. The summed E-state index contributed by atoms with van der Waals surface area (Å²) >= 11 is 0. The van der Waals surface area contributed by atoms with Gasteiger partial charge >= 0.3 is 0 Å². The molecule has 0 saturated heterocycles. The average Bonchev–Trinajstić information content (AvgIpc) is 2.41. The second-order valence-electron chi connectivity index (χ2n) is 4.89. The molecule has 0 aliphatic rings. The third-order valence-corrected chi connectivity index (χ3v) is 2.83. The van der Waals surface area contributed by atoms with Crippen LogP contribution in [0.5, 0.6) is 5.75 Å². The molecule has 0 spiro atoms. The van der Waals surface area contributed by atoms with Gasteiger partial charge in [-0.25, -0.2) is 4.98 Å². The Morgan fingerprint density at radius 3 is 2.37 bits per heavy atom. The number of pyridine rings is 1. The zero-order chi connectivity index (χ0) is 13.7. The van der Waals surface area contributed by atoms with E-state index in [1.807, 2.05) is 37.4 Å². The number of ether oxygens (including phenoxy) is 1. The fourth-order valence-electron chi connectivity index (χ4n) is 1.70. The highest BCUT2D eigenvalue weighted by Crippen LogP contribution is 2.12. The molecule has 1 aromatic heterocycles. The molecule has 100 valence electrons. The van der Waals surface area contributed by atoms with Gasteiger partial charge in [0.1, 0.15) is 18.2 Å². The number of aryl methyl sites for hydroxylation is 2. The first-order valence-electron chi connectivity index (χ1n) is 6.52. The van der Waals surface area contributed by atoms with Crippen molar-refractivity contribution >= 4 is 5.82 Å². The summed E-state index contributed by atoms with van der Waals surface area (Å²) in [5.41, 5.74) is 2.40. The van der Waals surface area contributed by atoms with Gasteiger partial charge in [0.2, 0.25) is 0 Å². The number of nitrogens with one attached hydrogen (secondary N) is 1. The van der Waals surface area contributed by atoms with Gasteiger partial charge in [0.25, 0.3) is 0 Å². The molecule has 1 heterocycles. The highest BCUT2D eigenvalue weighted by Gasteiger charge is 2.04. The van der Waals surface area contributed by atoms with Crippen molar-refractivity contribution in [1.29, 1.82) is 0 Å². The lowest BCUT2D eigenvalue weighted by Crippen LogP contribution is -2.23. The van der Waals surface area contributed by atoms with Crippen LogP contribution in [0.25, 0.3) is 0 Å². The number of nitrogens with zero attached hydrogens (tertiary/aromatic N) is 1. The van der Waals surface area contributed by atoms with Crippen LogP contribution in [0.1, 0.15) is 18.1 Å². The summed E-state index contributed by atoms with van der Waals surface area (Å²) in [6, 6.07) is 12.3. The van der Waals surface area contributed by atoms with E-state index in [9.17, 15) is 0 Å². The van der Waals surface area contributed by atoms with Crippen LogP contribution in [0.4, 0.5) is 5.82 Å². The topological polar surface area (TPSA) is 34.1 Å². The Bertz CT molecular complexity index is 505. The number of hydrogen-bond donors (Lipinski definition) is 1. The smallest absolute Gasteiger partial charge is 0.126 e. The number of benzene rings is 1. The standard InChI is InChI=1S/C16H20N2O/c1-12-4-7-15(8-5-12)19-11-14(3)18-16-9-6-13(2)10-17-16/h4-10,14H,11H2,1-3H3,(H,17,18). The molecule has 1 atom stereocenters. The molecule has 0 radical (unpaired) electrons. The third kappa shape index (κ3) is 4.28. The van der Waals surface area contributed by atoms with E-state index in [2.05, 4.69) is 36.3 Å². The minimum Gasteiger partial charge on any atom is -0.491 e. The van der Waals surface area contributed by atoms with Crippen molar-refractivity contribution < 1.29 is 4.74 Å². The average molecular weight is 256 g/mol. The fourth-order valence-corrected chi connectivity index (χ4v) is 1.70. The van der Waals surface area contributed by atoms with Crippen molar-refractivity contribution in [1.82, 2.24) is 4.98 Å². The molecule has 19 heavy (non-hydrogen) atoms.